The lowest BCUT2D eigenvalue weighted by Gasteiger charge is -2.14. The summed E-state index contributed by atoms with van der Waals surface area (Å²) in [4.78, 5) is 0. The Morgan fingerprint density at radius 2 is 1.76 bits per heavy atom. The van der Waals surface area contributed by atoms with Crippen LogP contribution in [-0.4, -0.2) is 17.3 Å². The standard InChI is InChI=1S/C15H23NO/c1-12(2)9-13-3-5-14(6-4-13)10-16-15(11-17)7-8-15/h3-6,12,16-17H,7-11H2,1-2H3. The summed E-state index contributed by atoms with van der Waals surface area (Å²) in [5.74, 6) is 0.711. The topological polar surface area (TPSA) is 32.3 Å². The number of rotatable bonds is 6. The lowest BCUT2D eigenvalue weighted by molar-refractivity contribution is 0.229. The third kappa shape index (κ3) is 3.55. The van der Waals surface area contributed by atoms with Crippen molar-refractivity contribution in [2.45, 2.75) is 45.2 Å². The van der Waals surface area contributed by atoms with Crippen molar-refractivity contribution >= 4 is 0 Å². The van der Waals surface area contributed by atoms with Gasteiger partial charge >= 0.3 is 0 Å². The molecular weight excluding hydrogens is 210 g/mol. The number of benzene rings is 1. The van der Waals surface area contributed by atoms with E-state index in [1.807, 2.05) is 0 Å². The Morgan fingerprint density at radius 3 is 2.24 bits per heavy atom. The van der Waals surface area contributed by atoms with E-state index in [9.17, 15) is 5.11 Å². The summed E-state index contributed by atoms with van der Waals surface area (Å²) in [5.41, 5.74) is 2.75. The van der Waals surface area contributed by atoms with Gasteiger partial charge in [-0.05, 0) is 36.3 Å². The van der Waals surface area contributed by atoms with Crippen molar-refractivity contribution in [3.05, 3.63) is 35.4 Å². The van der Waals surface area contributed by atoms with Gasteiger partial charge < -0.3 is 10.4 Å². The Labute approximate surface area is 104 Å². The molecule has 2 N–H and O–H groups in total. The molecule has 0 heterocycles. The number of nitrogens with one attached hydrogen (secondary N) is 1. The van der Waals surface area contributed by atoms with E-state index in [2.05, 4.69) is 43.4 Å². The molecule has 1 saturated carbocycles. The van der Waals surface area contributed by atoms with Gasteiger partial charge in [-0.3, -0.25) is 0 Å². The molecule has 1 aromatic carbocycles. The second-order valence-corrected chi connectivity index (χ2v) is 5.71. The Kier molecular flexibility index (Phi) is 3.85. The van der Waals surface area contributed by atoms with E-state index in [-0.39, 0.29) is 12.1 Å². The van der Waals surface area contributed by atoms with Crippen molar-refractivity contribution in [1.29, 1.82) is 0 Å². The van der Waals surface area contributed by atoms with Crippen LogP contribution < -0.4 is 5.32 Å². The zero-order valence-electron chi connectivity index (χ0n) is 10.9. The van der Waals surface area contributed by atoms with Crippen LogP contribution in [-0.2, 0) is 13.0 Å². The van der Waals surface area contributed by atoms with E-state index in [1.54, 1.807) is 0 Å². The summed E-state index contributed by atoms with van der Waals surface area (Å²) < 4.78 is 0. The van der Waals surface area contributed by atoms with Crippen molar-refractivity contribution in [3.8, 4) is 0 Å². The minimum atomic E-state index is 0.0383. The largest absolute Gasteiger partial charge is 0.394 e. The summed E-state index contributed by atoms with van der Waals surface area (Å²) in [6.07, 6.45) is 3.36. The van der Waals surface area contributed by atoms with Crippen molar-refractivity contribution < 1.29 is 5.11 Å². The molecule has 0 unspecified atom stereocenters. The van der Waals surface area contributed by atoms with Crippen molar-refractivity contribution in [3.63, 3.8) is 0 Å². The molecule has 0 radical (unpaired) electrons. The molecule has 0 aliphatic heterocycles. The first-order chi connectivity index (χ1) is 8.13. The van der Waals surface area contributed by atoms with Crippen LogP contribution in [0.2, 0.25) is 0 Å². The smallest absolute Gasteiger partial charge is 0.0613 e. The van der Waals surface area contributed by atoms with Crippen LogP contribution in [0.4, 0.5) is 0 Å². The highest BCUT2D eigenvalue weighted by Gasteiger charge is 2.41. The fraction of sp³-hybridized carbons (Fsp3) is 0.600. The first-order valence-electron chi connectivity index (χ1n) is 6.57. The zero-order valence-corrected chi connectivity index (χ0v) is 10.9. The second kappa shape index (κ2) is 5.19. The van der Waals surface area contributed by atoms with Gasteiger partial charge in [-0.15, -0.1) is 0 Å². The lowest BCUT2D eigenvalue weighted by atomic mass is 10.0. The van der Waals surface area contributed by atoms with Gasteiger partial charge in [0.15, 0.2) is 0 Å². The van der Waals surface area contributed by atoms with Crippen LogP contribution in [0.5, 0.6) is 0 Å². The lowest BCUT2D eigenvalue weighted by Crippen LogP contribution is -2.34. The minimum Gasteiger partial charge on any atom is -0.394 e. The number of aliphatic hydroxyl groups is 1. The van der Waals surface area contributed by atoms with Gasteiger partial charge in [0.05, 0.1) is 6.61 Å². The molecule has 0 aromatic heterocycles. The quantitative estimate of drug-likeness (QED) is 0.791. The molecule has 17 heavy (non-hydrogen) atoms. The van der Waals surface area contributed by atoms with Gasteiger partial charge in [-0.25, -0.2) is 0 Å². The Balaban J connectivity index is 1.85. The predicted molar refractivity (Wildman–Crippen MR) is 70.9 cm³/mol. The van der Waals surface area contributed by atoms with E-state index >= 15 is 0 Å². The molecule has 0 atom stereocenters. The fourth-order valence-electron chi connectivity index (χ4n) is 2.10. The maximum absolute atomic E-state index is 9.22. The average molecular weight is 233 g/mol. The van der Waals surface area contributed by atoms with Crippen LogP contribution in [0.3, 0.4) is 0 Å². The maximum Gasteiger partial charge on any atom is 0.0613 e. The first-order valence-corrected chi connectivity index (χ1v) is 6.57. The summed E-state index contributed by atoms with van der Waals surface area (Å²) in [6.45, 7) is 5.61. The highest BCUT2D eigenvalue weighted by molar-refractivity contribution is 5.23. The molecule has 0 bridgehead atoms. The Hall–Kier alpha value is -0.860. The third-order valence-corrected chi connectivity index (χ3v) is 3.49. The molecule has 2 nitrogen and oxygen atoms in total. The zero-order chi connectivity index (χ0) is 12.3. The molecule has 0 saturated heterocycles. The highest BCUT2D eigenvalue weighted by Crippen LogP contribution is 2.34. The normalized spacial score (nSPS) is 17.4. The fourth-order valence-corrected chi connectivity index (χ4v) is 2.10. The van der Waals surface area contributed by atoms with Gasteiger partial charge in [-0.1, -0.05) is 38.1 Å². The van der Waals surface area contributed by atoms with Crippen LogP contribution in [0.1, 0.15) is 37.8 Å². The van der Waals surface area contributed by atoms with Gasteiger partial charge in [-0.2, -0.15) is 0 Å². The molecule has 0 amide bonds. The summed E-state index contributed by atoms with van der Waals surface area (Å²) in [6, 6.07) is 8.82. The summed E-state index contributed by atoms with van der Waals surface area (Å²) in [5, 5.41) is 12.7. The minimum absolute atomic E-state index is 0.0383. The third-order valence-electron chi connectivity index (χ3n) is 3.49. The number of hydrogen-bond donors (Lipinski definition) is 2. The monoisotopic (exact) mass is 233 g/mol. The molecule has 1 aromatic rings. The molecule has 1 fully saturated rings. The SMILES string of the molecule is CC(C)Cc1ccc(CNC2(CO)CC2)cc1. The van der Waals surface area contributed by atoms with E-state index in [0.29, 0.717) is 5.92 Å². The van der Waals surface area contributed by atoms with E-state index in [0.717, 1.165) is 25.8 Å². The van der Waals surface area contributed by atoms with Gasteiger partial charge in [0.1, 0.15) is 0 Å². The Bertz CT molecular complexity index is 352. The van der Waals surface area contributed by atoms with Gasteiger partial charge in [0, 0.05) is 12.1 Å². The van der Waals surface area contributed by atoms with Gasteiger partial charge in [0.25, 0.3) is 0 Å². The molecule has 2 rings (SSSR count). The number of hydrogen-bond acceptors (Lipinski definition) is 2. The summed E-state index contributed by atoms with van der Waals surface area (Å²) >= 11 is 0. The molecule has 94 valence electrons. The molecule has 1 aliphatic rings. The van der Waals surface area contributed by atoms with E-state index < -0.39 is 0 Å². The van der Waals surface area contributed by atoms with Gasteiger partial charge in [0.2, 0.25) is 0 Å². The molecular formula is C15H23NO. The predicted octanol–water partition coefficient (Wildman–Crippen LogP) is 2.50. The highest BCUT2D eigenvalue weighted by atomic mass is 16.3. The second-order valence-electron chi connectivity index (χ2n) is 5.71. The van der Waals surface area contributed by atoms with Crippen LogP contribution >= 0.6 is 0 Å². The number of aliphatic hydroxyl groups excluding tert-OH is 1. The molecule has 0 spiro atoms. The first kappa shape index (κ1) is 12.6. The Morgan fingerprint density at radius 1 is 1.18 bits per heavy atom. The molecule has 1 aliphatic carbocycles. The van der Waals surface area contributed by atoms with E-state index in [4.69, 9.17) is 0 Å². The average Bonchev–Trinajstić information content (AvgIpc) is 3.08. The van der Waals surface area contributed by atoms with E-state index in [1.165, 1.54) is 11.1 Å². The van der Waals surface area contributed by atoms with Crippen LogP contribution in [0.25, 0.3) is 0 Å². The van der Waals surface area contributed by atoms with Crippen molar-refractivity contribution in [2.24, 2.45) is 5.92 Å². The summed E-state index contributed by atoms with van der Waals surface area (Å²) in [7, 11) is 0. The maximum atomic E-state index is 9.22. The van der Waals surface area contributed by atoms with Crippen molar-refractivity contribution in [2.75, 3.05) is 6.61 Å². The van der Waals surface area contributed by atoms with Crippen molar-refractivity contribution in [1.82, 2.24) is 5.32 Å². The molecule has 2 heteroatoms. The van der Waals surface area contributed by atoms with Crippen LogP contribution in [0.15, 0.2) is 24.3 Å². The van der Waals surface area contributed by atoms with Crippen LogP contribution in [0, 0.1) is 5.92 Å².